The van der Waals surface area contributed by atoms with Crippen molar-refractivity contribution in [1.29, 1.82) is 0 Å². The largest absolute Gasteiger partial charge is 0.339 e. The highest BCUT2D eigenvalue weighted by molar-refractivity contribution is 5.78. The minimum Gasteiger partial charge on any atom is -0.339 e. The van der Waals surface area contributed by atoms with Crippen LogP contribution in [0.2, 0.25) is 0 Å². The normalized spacial score (nSPS) is 22.5. The molecule has 0 aromatic heterocycles. The zero-order valence-corrected chi connectivity index (χ0v) is 15.5. The summed E-state index contributed by atoms with van der Waals surface area (Å²) >= 11 is 0. The Kier molecular flexibility index (Phi) is 4.88. The van der Waals surface area contributed by atoms with E-state index in [1.807, 2.05) is 23.1 Å². The van der Waals surface area contributed by atoms with Gasteiger partial charge in [0.2, 0.25) is 5.91 Å². The molecular formula is C21H29N3O2. The lowest BCUT2D eigenvalue weighted by atomic mass is 9.72. The maximum atomic E-state index is 12.4. The molecule has 3 amide bonds. The van der Waals surface area contributed by atoms with Gasteiger partial charge in [-0.05, 0) is 49.5 Å². The SMILES string of the molecule is O=C(NCCc1ccccc1)N1CCC2(CCC(=O)N(C3CC3)C2)CC1. The first-order valence-electron chi connectivity index (χ1n) is 10.0. The van der Waals surface area contributed by atoms with Gasteiger partial charge < -0.3 is 15.1 Å². The first-order valence-corrected chi connectivity index (χ1v) is 10.0. The number of nitrogens with zero attached hydrogens (tertiary/aromatic N) is 2. The van der Waals surface area contributed by atoms with Crippen molar-refractivity contribution < 1.29 is 9.59 Å². The maximum absolute atomic E-state index is 12.4. The molecule has 1 N–H and O–H groups in total. The summed E-state index contributed by atoms with van der Waals surface area (Å²) in [6.45, 7) is 3.21. The van der Waals surface area contributed by atoms with Crippen LogP contribution in [0, 0.1) is 5.41 Å². The first-order chi connectivity index (χ1) is 12.7. The number of piperidine rings is 2. The third kappa shape index (κ3) is 3.87. The lowest BCUT2D eigenvalue weighted by molar-refractivity contribution is -0.139. The predicted octanol–water partition coefficient (Wildman–Crippen LogP) is 2.81. The molecule has 4 rings (SSSR count). The van der Waals surface area contributed by atoms with E-state index in [0.29, 0.717) is 24.9 Å². The lowest BCUT2D eigenvalue weighted by Crippen LogP contribution is -2.54. The Labute approximate surface area is 155 Å². The summed E-state index contributed by atoms with van der Waals surface area (Å²) in [4.78, 5) is 28.7. The van der Waals surface area contributed by atoms with Crippen molar-refractivity contribution >= 4 is 11.9 Å². The Bertz CT molecular complexity index is 648. The van der Waals surface area contributed by atoms with Gasteiger partial charge in [0, 0.05) is 38.6 Å². The Morgan fingerprint density at radius 2 is 1.85 bits per heavy atom. The molecule has 140 valence electrons. The summed E-state index contributed by atoms with van der Waals surface area (Å²) in [6.07, 6.45) is 6.96. The molecule has 3 fully saturated rings. The van der Waals surface area contributed by atoms with E-state index in [1.165, 1.54) is 18.4 Å². The molecule has 3 aliphatic rings. The highest BCUT2D eigenvalue weighted by atomic mass is 16.2. The lowest BCUT2D eigenvalue weighted by Gasteiger charge is -2.47. The molecular weight excluding hydrogens is 326 g/mol. The molecule has 2 saturated heterocycles. The summed E-state index contributed by atoms with van der Waals surface area (Å²) in [5.74, 6) is 0.346. The van der Waals surface area contributed by atoms with Crippen molar-refractivity contribution in [2.45, 2.75) is 51.0 Å². The fourth-order valence-electron chi connectivity index (χ4n) is 4.43. The van der Waals surface area contributed by atoms with Crippen LogP contribution >= 0.6 is 0 Å². The number of nitrogens with one attached hydrogen (secondary N) is 1. The van der Waals surface area contributed by atoms with E-state index in [9.17, 15) is 9.59 Å². The van der Waals surface area contributed by atoms with Crippen molar-refractivity contribution in [2.75, 3.05) is 26.2 Å². The second kappa shape index (κ2) is 7.29. The van der Waals surface area contributed by atoms with Gasteiger partial charge in [-0.15, -0.1) is 0 Å². The molecule has 0 radical (unpaired) electrons. The average Bonchev–Trinajstić information content (AvgIpc) is 3.50. The smallest absolute Gasteiger partial charge is 0.317 e. The molecule has 0 unspecified atom stereocenters. The second-order valence-corrected chi connectivity index (χ2v) is 8.21. The van der Waals surface area contributed by atoms with Crippen molar-refractivity contribution in [2.24, 2.45) is 5.41 Å². The van der Waals surface area contributed by atoms with Crippen molar-refractivity contribution in [3.05, 3.63) is 35.9 Å². The fraction of sp³-hybridized carbons (Fsp3) is 0.619. The molecule has 2 heterocycles. The summed E-state index contributed by atoms with van der Waals surface area (Å²) in [5, 5.41) is 3.06. The van der Waals surface area contributed by atoms with Gasteiger partial charge in [-0.1, -0.05) is 30.3 Å². The number of carbonyl (C=O) groups excluding carboxylic acids is 2. The number of hydrogen-bond acceptors (Lipinski definition) is 2. The van der Waals surface area contributed by atoms with Gasteiger partial charge in [0.1, 0.15) is 0 Å². The predicted molar refractivity (Wildman–Crippen MR) is 101 cm³/mol. The van der Waals surface area contributed by atoms with Crippen LogP contribution in [0.15, 0.2) is 30.3 Å². The minimum atomic E-state index is 0.0571. The number of benzene rings is 1. The molecule has 1 spiro atoms. The van der Waals surface area contributed by atoms with Crippen LogP contribution in [0.5, 0.6) is 0 Å². The van der Waals surface area contributed by atoms with E-state index >= 15 is 0 Å². The Balaban J connectivity index is 1.24. The molecule has 5 nitrogen and oxygen atoms in total. The van der Waals surface area contributed by atoms with E-state index in [1.54, 1.807) is 0 Å². The Morgan fingerprint density at radius 1 is 1.12 bits per heavy atom. The molecule has 1 aromatic rings. The van der Waals surface area contributed by atoms with Crippen LogP contribution in [0.4, 0.5) is 4.79 Å². The topological polar surface area (TPSA) is 52.7 Å². The maximum Gasteiger partial charge on any atom is 0.317 e. The van der Waals surface area contributed by atoms with Gasteiger partial charge >= 0.3 is 6.03 Å². The zero-order chi connectivity index (χ0) is 18.0. The van der Waals surface area contributed by atoms with Gasteiger partial charge in [-0.25, -0.2) is 4.79 Å². The van der Waals surface area contributed by atoms with Crippen LogP contribution in [-0.2, 0) is 11.2 Å². The van der Waals surface area contributed by atoms with Gasteiger partial charge in [0.15, 0.2) is 0 Å². The standard InChI is InChI=1S/C21H29N3O2/c25-19-8-10-21(16-24(19)18-6-7-18)11-14-23(15-12-21)20(26)22-13-9-17-4-2-1-3-5-17/h1-5,18H,6-16H2,(H,22,26). The van der Waals surface area contributed by atoms with Gasteiger partial charge in [0.05, 0.1) is 0 Å². The first kappa shape index (κ1) is 17.4. The molecule has 5 heteroatoms. The van der Waals surface area contributed by atoms with E-state index < -0.39 is 0 Å². The number of hydrogen-bond donors (Lipinski definition) is 1. The van der Waals surface area contributed by atoms with E-state index in [2.05, 4.69) is 22.3 Å². The summed E-state index contributed by atoms with van der Waals surface area (Å²) in [5.41, 5.74) is 1.49. The van der Waals surface area contributed by atoms with Gasteiger partial charge in [0.25, 0.3) is 0 Å². The Morgan fingerprint density at radius 3 is 2.54 bits per heavy atom. The third-order valence-corrected chi connectivity index (χ3v) is 6.33. The number of likely N-dealkylation sites (tertiary alicyclic amines) is 2. The van der Waals surface area contributed by atoms with Crippen LogP contribution in [0.1, 0.15) is 44.1 Å². The van der Waals surface area contributed by atoms with Crippen LogP contribution in [0.3, 0.4) is 0 Å². The number of rotatable bonds is 4. The van der Waals surface area contributed by atoms with Crippen molar-refractivity contribution in [3.8, 4) is 0 Å². The number of amides is 3. The van der Waals surface area contributed by atoms with E-state index in [0.717, 1.165) is 45.3 Å². The van der Waals surface area contributed by atoms with Gasteiger partial charge in [-0.3, -0.25) is 4.79 Å². The van der Waals surface area contributed by atoms with Crippen molar-refractivity contribution in [3.63, 3.8) is 0 Å². The fourth-order valence-corrected chi connectivity index (χ4v) is 4.43. The number of carbonyl (C=O) groups is 2. The Hall–Kier alpha value is -2.04. The zero-order valence-electron chi connectivity index (χ0n) is 15.5. The van der Waals surface area contributed by atoms with E-state index in [4.69, 9.17) is 0 Å². The monoisotopic (exact) mass is 355 g/mol. The quantitative estimate of drug-likeness (QED) is 0.903. The molecule has 0 bridgehead atoms. The van der Waals surface area contributed by atoms with Crippen LogP contribution in [0.25, 0.3) is 0 Å². The third-order valence-electron chi connectivity index (χ3n) is 6.33. The van der Waals surface area contributed by atoms with E-state index in [-0.39, 0.29) is 11.4 Å². The molecule has 0 atom stereocenters. The van der Waals surface area contributed by atoms with Crippen molar-refractivity contribution in [1.82, 2.24) is 15.1 Å². The summed E-state index contributed by atoms with van der Waals surface area (Å²) in [7, 11) is 0. The van der Waals surface area contributed by atoms with Crippen LogP contribution in [-0.4, -0.2) is 54.0 Å². The molecule has 1 saturated carbocycles. The average molecular weight is 355 g/mol. The number of urea groups is 1. The van der Waals surface area contributed by atoms with Gasteiger partial charge in [-0.2, -0.15) is 0 Å². The summed E-state index contributed by atoms with van der Waals surface area (Å²) in [6, 6.07) is 10.8. The molecule has 2 aliphatic heterocycles. The summed E-state index contributed by atoms with van der Waals surface area (Å²) < 4.78 is 0. The molecule has 1 aromatic carbocycles. The highest BCUT2D eigenvalue weighted by Crippen LogP contribution is 2.43. The minimum absolute atomic E-state index is 0.0571. The molecule has 26 heavy (non-hydrogen) atoms. The molecule has 1 aliphatic carbocycles. The van der Waals surface area contributed by atoms with Crippen LogP contribution < -0.4 is 5.32 Å². The second-order valence-electron chi connectivity index (χ2n) is 8.21. The highest BCUT2D eigenvalue weighted by Gasteiger charge is 2.45.